The van der Waals surface area contributed by atoms with Crippen molar-refractivity contribution in [3.8, 4) is 11.5 Å². The summed E-state index contributed by atoms with van der Waals surface area (Å²) < 4.78 is 10.8. The molecule has 0 spiro atoms. The number of carbonyl (C=O) groups excluding carboxylic acids is 2. The number of nitrogens with one attached hydrogen (secondary N) is 1. The van der Waals surface area contributed by atoms with Gasteiger partial charge in [-0.05, 0) is 61.6 Å². The van der Waals surface area contributed by atoms with Crippen LogP contribution >= 0.6 is 11.6 Å². The van der Waals surface area contributed by atoms with Crippen molar-refractivity contribution in [2.75, 3.05) is 6.79 Å². The van der Waals surface area contributed by atoms with Crippen LogP contribution in [0.25, 0.3) is 0 Å². The van der Waals surface area contributed by atoms with Gasteiger partial charge in [-0.1, -0.05) is 49.1 Å². The van der Waals surface area contributed by atoms with Gasteiger partial charge in [0, 0.05) is 24.0 Å². The number of nitrogens with zero attached hydrogens (tertiary/aromatic N) is 1. The van der Waals surface area contributed by atoms with Crippen molar-refractivity contribution >= 4 is 23.4 Å². The highest BCUT2D eigenvalue weighted by molar-refractivity contribution is 6.30. The number of aryl methyl sites for hydroxylation is 1. The maximum absolute atomic E-state index is 13.3. The standard InChI is InChI=1S/C26H31ClN2O4/c1-18(26(31)28-22-5-3-2-4-6-22)29(16-20-7-11-21(27)12-8-20)25(30)14-10-19-9-13-23-24(15-19)33-17-32-23/h7-9,11-13,15,18,22H,2-6,10,14,16-17H2,1H3,(H,28,31). The average molecular weight is 471 g/mol. The van der Waals surface area contributed by atoms with Crippen molar-refractivity contribution in [3.63, 3.8) is 0 Å². The molecular formula is C26H31ClN2O4. The number of rotatable bonds is 8. The van der Waals surface area contributed by atoms with E-state index < -0.39 is 6.04 Å². The topological polar surface area (TPSA) is 67.9 Å². The minimum absolute atomic E-state index is 0.0612. The molecule has 1 N–H and O–H groups in total. The fourth-order valence-electron chi connectivity index (χ4n) is 4.43. The van der Waals surface area contributed by atoms with Crippen LogP contribution in [-0.4, -0.2) is 35.6 Å². The number of benzene rings is 2. The Balaban J connectivity index is 1.44. The van der Waals surface area contributed by atoms with E-state index in [1.165, 1.54) is 6.42 Å². The summed E-state index contributed by atoms with van der Waals surface area (Å²) in [5.74, 6) is 1.28. The summed E-state index contributed by atoms with van der Waals surface area (Å²) in [6.45, 7) is 2.39. The number of fused-ring (bicyclic) bond motifs is 1. The highest BCUT2D eigenvalue weighted by atomic mass is 35.5. The number of halogens is 1. The van der Waals surface area contributed by atoms with Crippen LogP contribution in [-0.2, 0) is 22.6 Å². The van der Waals surface area contributed by atoms with Crippen molar-refractivity contribution in [1.29, 1.82) is 0 Å². The third-order valence-electron chi connectivity index (χ3n) is 6.45. The summed E-state index contributed by atoms with van der Waals surface area (Å²) in [7, 11) is 0. The lowest BCUT2D eigenvalue weighted by Gasteiger charge is -2.31. The lowest BCUT2D eigenvalue weighted by atomic mass is 9.95. The Labute approximate surface area is 200 Å². The van der Waals surface area contributed by atoms with Crippen molar-refractivity contribution in [3.05, 3.63) is 58.6 Å². The predicted octanol–water partition coefficient (Wildman–Crippen LogP) is 4.87. The molecular weight excluding hydrogens is 440 g/mol. The van der Waals surface area contributed by atoms with Crippen LogP contribution in [0.3, 0.4) is 0 Å². The first-order valence-electron chi connectivity index (χ1n) is 11.7. The third kappa shape index (κ3) is 6.20. The largest absolute Gasteiger partial charge is 0.454 e. The Bertz CT molecular complexity index is 973. The monoisotopic (exact) mass is 470 g/mol. The molecule has 33 heavy (non-hydrogen) atoms. The van der Waals surface area contributed by atoms with Gasteiger partial charge in [0.15, 0.2) is 11.5 Å². The summed E-state index contributed by atoms with van der Waals surface area (Å²) in [4.78, 5) is 28.0. The molecule has 1 atom stereocenters. The van der Waals surface area contributed by atoms with E-state index in [1.54, 1.807) is 17.0 Å². The molecule has 4 rings (SSSR count). The molecule has 2 aromatic rings. The summed E-state index contributed by atoms with van der Waals surface area (Å²) in [6, 6.07) is 12.8. The predicted molar refractivity (Wildman–Crippen MR) is 127 cm³/mol. The van der Waals surface area contributed by atoms with E-state index in [-0.39, 0.29) is 24.6 Å². The fourth-order valence-corrected chi connectivity index (χ4v) is 4.56. The first kappa shape index (κ1) is 23.4. The minimum atomic E-state index is -0.563. The van der Waals surface area contributed by atoms with Crippen molar-refractivity contribution in [2.45, 2.75) is 70.5 Å². The van der Waals surface area contributed by atoms with Gasteiger partial charge in [0.1, 0.15) is 6.04 Å². The highest BCUT2D eigenvalue weighted by Gasteiger charge is 2.28. The van der Waals surface area contributed by atoms with Gasteiger partial charge in [0.05, 0.1) is 0 Å². The van der Waals surface area contributed by atoms with E-state index in [1.807, 2.05) is 37.3 Å². The van der Waals surface area contributed by atoms with Gasteiger partial charge in [-0.3, -0.25) is 9.59 Å². The minimum Gasteiger partial charge on any atom is -0.454 e. The van der Waals surface area contributed by atoms with Crippen LogP contribution in [0.4, 0.5) is 0 Å². The Morgan fingerprint density at radius 3 is 2.48 bits per heavy atom. The number of hydrogen-bond donors (Lipinski definition) is 1. The molecule has 1 fully saturated rings. The molecule has 2 amide bonds. The molecule has 1 saturated carbocycles. The van der Waals surface area contributed by atoms with Crippen LogP contribution in [0.2, 0.25) is 5.02 Å². The summed E-state index contributed by atoms with van der Waals surface area (Å²) in [5, 5.41) is 3.81. The molecule has 0 radical (unpaired) electrons. The molecule has 2 aromatic carbocycles. The second-order valence-electron chi connectivity index (χ2n) is 8.86. The molecule has 1 aliphatic heterocycles. The van der Waals surface area contributed by atoms with Crippen LogP contribution in [0.5, 0.6) is 11.5 Å². The smallest absolute Gasteiger partial charge is 0.242 e. The normalized spacial score (nSPS) is 16.3. The van der Waals surface area contributed by atoms with Gasteiger partial charge in [-0.25, -0.2) is 0 Å². The van der Waals surface area contributed by atoms with E-state index >= 15 is 0 Å². The van der Waals surface area contributed by atoms with Gasteiger partial charge in [-0.15, -0.1) is 0 Å². The van der Waals surface area contributed by atoms with E-state index in [2.05, 4.69) is 5.32 Å². The fraction of sp³-hybridized carbons (Fsp3) is 0.462. The number of hydrogen-bond acceptors (Lipinski definition) is 4. The average Bonchev–Trinajstić information content (AvgIpc) is 3.30. The molecule has 0 bridgehead atoms. The zero-order valence-electron chi connectivity index (χ0n) is 19.0. The van der Waals surface area contributed by atoms with E-state index in [4.69, 9.17) is 21.1 Å². The second-order valence-corrected chi connectivity index (χ2v) is 9.29. The molecule has 6 nitrogen and oxygen atoms in total. The Morgan fingerprint density at radius 2 is 1.73 bits per heavy atom. The molecule has 1 heterocycles. The van der Waals surface area contributed by atoms with Gasteiger partial charge in [-0.2, -0.15) is 0 Å². The van der Waals surface area contributed by atoms with Crippen molar-refractivity contribution < 1.29 is 19.1 Å². The van der Waals surface area contributed by atoms with Crippen LogP contribution in [0, 0.1) is 0 Å². The maximum Gasteiger partial charge on any atom is 0.242 e. The number of amides is 2. The lowest BCUT2D eigenvalue weighted by Crippen LogP contribution is -2.50. The molecule has 0 aromatic heterocycles. The van der Waals surface area contributed by atoms with Crippen LogP contribution < -0.4 is 14.8 Å². The lowest BCUT2D eigenvalue weighted by molar-refractivity contribution is -0.141. The van der Waals surface area contributed by atoms with Gasteiger partial charge < -0.3 is 19.7 Å². The molecule has 7 heteroatoms. The molecule has 176 valence electrons. The van der Waals surface area contributed by atoms with Crippen molar-refractivity contribution in [1.82, 2.24) is 10.2 Å². The van der Waals surface area contributed by atoms with E-state index in [9.17, 15) is 9.59 Å². The Kier molecular flexibility index (Phi) is 7.76. The molecule has 0 saturated heterocycles. The third-order valence-corrected chi connectivity index (χ3v) is 6.70. The molecule has 1 unspecified atom stereocenters. The zero-order chi connectivity index (χ0) is 23.2. The van der Waals surface area contributed by atoms with Gasteiger partial charge in [0.2, 0.25) is 18.6 Å². The van der Waals surface area contributed by atoms with E-state index in [0.717, 1.165) is 42.6 Å². The Hall–Kier alpha value is -2.73. The maximum atomic E-state index is 13.3. The highest BCUT2D eigenvalue weighted by Crippen LogP contribution is 2.33. The number of ether oxygens (including phenoxy) is 2. The Morgan fingerprint density at radius 1 is 1.03 bits per heavy atom. The first-order valence-corrected chi connectivity index (χ1v) is 12.1. The summed E-state index contributed by atoms with van der Waals surface area (Å²) in [6.07, 6.45) is 6.38. The zero-order valence-corrected chi connectivity index (χ0v) is 19.8. The summed E-state index contributed by atoms with van der Waals surface area (Å²) in [5.41, 5.74) is 1.94. The molecule has 2 aliphatic rings. The quantitative estimate of drug-likeness (QED) is 0.597. The molecule has 1 aliphatic carbocycles. The van der Waals surface area contributed by atoms with Gasteiger partial charge in [0.25, 0.3) is 0 Å². The first-order chi connectivity index (χ1) is 16.0. The summed E-state index contributed by atoms with van der Waals surface area (Å²) >= 11 is 6.03. The van der Waals surface area contributed by atoms with Crippen molar-refractivity contribution in [2.24, 2.45) is 0 Å². The van der Waals surface area contributed by atoms with Gasteiger partial charge >= 0.3 is 0 Å². The van der Waals surface area contributed by atoms with E-state index in [0.29, 0.717) is 30.2 Å². The number of carbonyl (C=O) groups is 2. The van der Waals surface area contributed by atoms with Crippen LogP contribution in [0.15, 0.2) is 42.5 Å². The SMILES string of the molecule is CC(C(=O)NC1CCCCC1)N(Cc1ccc(Cl)cc1)C(=O)CCc1ccc2c(c1)OCO2. The van der Waals surface area contributed by atoms with Crippen LogP contribution in [0.1, 0.15) is 56.6 Å². The second kappa shape index (κ2) is 10.9.